The first-order valence-corrected chi connectivity index (χ1v) is 8.91. The van der Waals surface area contributed by atoms with Crippen LogP contribution < -0.4 is 16.5 Å². The topological polar surface area (TPSA) is 105 Å². The van der Waals surface area contributed by atoms with Gasteiger partial charge in [-0.25, -0.2) is 4.79 Å². The van der Waals surface area contributed by atoms with Crippen LogP contribution in [0.5, 0.6) is 0 Å². The highest BCUT2D eigenvalue weighted by molar-refractivity contribution is 5.98. The predicted octanol–water partition coefficient (Wildman–Crippen LogP) is 3.01. The van der Waals surface area contributed by atoms with Gasteiger partial charge in [0.05, 0.1) is 0 Å². The van der Waals surface area contributed by atoms with Crippen molar-refractivity contribution >= 4 is 17.5 Å². The number of carboxylic acids is 1. The lowest BCUT2D eigenvalue weighted by Gasteiger charge is -2.38. The minimum Gasteiger partial charge on any atom is -0.479 e. The molecule has 0 radical (unpaired) electrons. The lowest BCUT2D eigenvalue weighted by Crippen LogP contribution is -2.36. The zero-order chi connectivity index (χ0) is 19.7. The van der Waals surface area contributed by atoms with Gasteiger partial charge in [-0.1, -0.05) is 48.6 Å². The number of anilines is 1. The van der Waals surface area contributed by atoms with Crippen molar-refractivity contribution in [3.05, 3.63) is 101 Å². The minimum atomic E-state index is -0.922. The number of nitrogens with zero attached hydrogens (tertiary/aromatic N) is 2. The first-order chi connectivity index (χ1) is 13.6. The molecule has 0 aromatic heterocycles. The van der Waals surface area contributed by atoms with E-state index in [9.17, 15) is 9.90 Å². The van der Waals surface area contributed by atoms with Gasteiger partial charge in [-0.3, -0.25) is 0 Å². The van der Waals surface area contributed by atoms with Crippen molar-refractivity contribution in [3.63, 3.8) is 0 Å². The van der Waals surface area contributed by atoms with Crippen LogP contribution in [0.15, 0.2) is 89.7 Å². The molecule has 1 aliphatic heterocycles. The van der Waals surface area contributed by atoms with Gasteiger partial charge in [-0.15, -0.1) is 0 Å². The number of carboxylic acid groups (broad SMARTS) is 1. The summed E-state index contributed by atoms with van der Waals surface area (Å²) in [4.78, 5) is 14.2. The molecule has 4 rings (SSSR count). The predicted molar refractivity (Wildman–Crippen MR) is 110 cm³/mol. The van der Waals surface area contributed by atoms with Gasteiger partial charge in [0.15, 0.2) is 6.04 Å². The fraction of sp³-hybridized carbons (Fsp3) is 0.0909. The summed E-state index contributed by atoms with van der Waals surface area (Å²) in [6.45, 7) is 0. The van der Waals surface area contributed by atoms with Crippen LogP contribution in [-0.4, -0.2) is 16.9 Å². The average molecular weight is 372 g/mol. The SMILES string of the molecule is NN=C(N)c1ccc2c(c1)C1C=CC=CC(=C1)N2C(C(=O)O)c1ccccc1. The molecule has 0 amide bonds. The van der Waals surface area contributed by atoms with E-state index in [1.807, 2.05) is 71.7 Å². The van der Waals surface area contributed by atoms with Gasteiger partial charge in [-0.05, 0) is 41.5 Å². The largest absolute Gasteiger partial charge is 0.479 e. The average Bonchev–Trinajstić information content (AvgIpc) is 2.94. The van der Waals surface area contributed by atoms with E-state index in [1.54, 1.807) is 0 Å². The molecule has 2 unspecified atom stereocenters. The van der Waals surface area contributed by atoms with Crippen molar-refractivity contribution in [2.24, 2.45) is 16.7 Å². The number of aliphatic carboxylic acids is 1. The van der Waals surface area contributed by atoms with Crippen molar-refractivity contribution in [1.29, 1.82) is 0 Å². The standard InChI is InChI=1S/C22H20N4O2/c23-21(25-24)16-10-11-19-18(13-16)15-8-4-5-9-17(12-15)26(19)20(22(27)28)14-6-2-1-3-7-14/h1-13,15,20H,24H2,(H2,23,25)(H,27,28). The molecule has 140 valence electrons. The summed E-state index contributed by atoms with van der Waals surface area (Å²) in [7, 11) is 0. The molecule has 2 atom stereocenters. The molecule has 5 N–H and O–H groups in total. The van der Waals surface area contributed by atoms with Gasteiger partial charge < -0.3 is 21.6 Å². The maximum atomic E-state index is 12.3. The summed E-state index contributed by atoms with van der Waals surface area (Å²) in [5, 5.41) is 13.7. The van der Waals surface area contributed by atoms with Crippen LogP contribution in [0.25, 0.3) is 0 Å². The number of amidine groups is 1. The number of fused-ring (bicyclic) bond motifs is 3. The van der Waals surface area contributed by atoms with Crippen molar-refractivity contribution in [2.45, 2.75) is 12.0 Å². The third-order valence-electron chi connectivity index (χ3n) is 5.01. The Kier molecular flexibility index (Phi) is 4.45. The second-order valence-corrected chi connectivity index (χ2v) is 6.67. The fourth-order valence-electron chi connectivity index (χ4n) is 3.73. The molecule has 1 heterocycles. The van der Waals surface area contributed by atoms with Crippen LogP contribution in [0.4, 0.5) is 5.69 Å². The van der Waals surface area contributed by atoms with Crippen molar-refractivity contribution < 1.29 is 9.90 Å². The van der Waals surface area contributed by atoms with E-state index in [4.69, 9.17) is 11.6 Å². The molecule has 2 aliphatic rings. The number of hydrazone groups is 1. The molecule has 1 aliphatic carbocycles. The summed E-state index contributed by atoms with van der Waals surface area (Å²) < 4.78 is 0. The number of benzene rings is 2. The van der Waals surface area contributed by atoms with Crippen LogP contribution in [0.3, 0.4) is 0 Å². The van der Waals surface area contributed by atoms with E-state index in [-0.39, 0.29) is 11.8 Å². The summed E-state index contributed by atoms with van der Waals surface area (Å²) in [5.74, 6) is 4.65. The van der Waals surface area contributed by atoms with E-state index >= 15 is 0 Å². The maximum Gasteiger partial charge on any atom is 0.331 e. The number of rotatable bonds is 4. The minimum absolute atomic E-state index is 0.00647. The highest BCUT2D eigenvalue weighted by atomic mass is 16.4. The smallest absolute Gasteiger partial charge is 0.331 e. The molecule has 2 aromatic carbocycles. The molecule has 2 aromatic rings. The summed E-state index contributed by atoms with van der Waals surface area (Å²) in [6, 6.07) is 14.0. The van der Waals surface area contributed by atoms with Crippen LogP contribution >= 0.6 is 0 Å². The lowest BCUT2D eigenvalue weighted by atomic mass is 9.88. The number of carbonyl (C=O) groups is 1. The molecule has 2 bridgehead atoms. The summed E-state index contributed by atoms with van der Waals surface area (Å²) in [6.07, 6.45) is 9.94. The Balaban J connectivity index is 1.92. The van der Waals surface area contributed by atoms with Crippen LogP contribution in [0.2, 0.25) is 0 Å². The number of hydrogen-bond donors (Lipinski definition) is 3. The third-order valence-corrected chi connectivity index (χ3v) is 5.01. The molecular formula is C22H20N4O2. The lowest BCUT2D eigenvalue weighted by molar-refractivity contribution is -0.138. The van der Waals surface area contributed by atoms with Gasteiger partial charge in [-0.2, -0.15) is 5.10 Å². The fourth-order valence-corrected chi connectivity index (χ4v) is 3.73. The quantitative estimate of drug-likeness (QED) is 0.331. The van der Waals surface area contributed by atoms with Gasteiger partial charge in [0, 0.05) is 22.9 Å². The monoisotopic (exact) mass is 372 g/mol. The van der Waals surface area contributed by atoms with Crippen molar-refractivity contribution in [3.8, 4) is 0 Å². The molecule has 0 saturated carbocycles. The number of nitrogens with two attached hydrogens (primary N) is 2. The summed E-state index contributed by atoms with van der Waals surface area (Å²) >= 11 is 0. The van der Waals surface area contributed by atoms with E-state index < -0.39 is 12.0 Å². The van der Waals surface area contributed by atoms with Crippen LogP contribution in [-0.2, 0) is 4.79 Å². The Morgan fingerprint density at radius 2 is 1.93 bits per heavy atom. The maximum absolute atomic E-state index is 12.3. The van der Waals surface area contributed by atoms with E-state index in [0.717, 1.165) is 16.9 Å². The Hall–Kier alpha value is -3.80. The van der Waals surface area contributed by atoms with Gasteiger partial charge >= 0.3 is 5.97 Å². The zero-order valence-corrected chi connectivity index (χ0v) is 15.1. The Morgan fingerprint density at radius 3 is 2.64 bits per heavy atom. The molecule has 0 saturated heterocycles. The van der Waals surface area contributed by atoms with Crippen LogP contribution in [0, 0.1) is 0 Å². The molecule has 6 nitrogen and oxygen atoms in total. The molecule has 6 heteroatoms. The molecule has 0 fully saturated rings. The van der Waals surface area contributed by atoms with Gasteiger partial charge in [0.25, 0.3) is 0 Å². The summed E-state index contributed by atoms with van der Waals surface area (Å²) in [5.41, 5.74) is 9.92. The van der Waals surface area contributed by atoms with E-state index in [1.165, 1.54) is 0 Å². The van der Waals surface area contributed by atoms with Crippen molar-refractivity contribution in [2.75, 3.05) is 4.90 Å². The Labute approximate surface area is 162 Å². The first-order valence-electron chi connectivity index (χ1n) is 8.91. The highest BCUT2D eigenvalue weighted by Gasteiger charge is 2.35. The van der Waals surface area contributed by atoms with Crippen LogP contribution in [0.1, 0.15) is 28.7 Å². The first kappa shape index (κ1) is 17.6. The Bertz CT molecular complexity index is 1040. The highest BCUT2D eigenvalue weighted by Crippen LogP contribution is 2.43. The molecular weight excluding hydrogens is 352 g/mol. The molecule has 28 heavy (non-hydrogen) atoms. The Morgan fingerprint density at radius 1 is 1.14 bits per heavy atom. The zero-order valence-electron chi connectivity index (χ0n) is 15.1. The van der Waals surface area contributed by atoms with Crippen molar-refractivity contribution in [1.82, 2.24) is 0 Å². The number of hydrogen-bond acceptors (Lipinski definition) is 4. The second-order valence-electron chi connectivity index (χ2n) is 6.67. The normalized spacial score (nSPS) is 18.9. The van der Waals surface area contributed by atoms with E-state index in [2.05, 4.69) is 17.3 Å². The van der Waals surface area contributed by atoms with E-state index in [0.29, 0.717) is 11.1 Å². The second kappa shape index (κ2) is 7.08. The number of allylic oxidation sites excluding steroid dienone is 5. The van der Waals surface area contributed by atoms with Gasteiger partial charge in [0.2, 0.25) is 0 Å². The third kappa shape index (κ3) is 2.95. The van der Waals surface area contributed by atoms with Gasteiger partial charge in [0.1, 0.15) is 5.84 Å². The molecule has 0 spiro atoms.